The molecule has 1 aromatic heterocycles. The van der Waals surface area contributed by atoms with Gasteiger partial charge in [-0.3, -0.25) is 0 Å². The molecule has 2 aromatic carbocycles. The summed E-state index contributed by atoms with van der Waals surface area (Å²) in [6, 6.07) is 15.9. The predicted octanol–water partition coefficient (Wildman–Crippen LogP) is 3.59. The van der Waals surface area contributed by atoms with Crippen molar-refractivity contribution in [1.29, 1.82) is 5.26 Å². The molecule has 6 nitrogen and oxygen atoms in total. The molecule has 0 bridgehead atoms. The summed E-state index contributed by atoms with van der Waals surface area (Å²) in [6.45, 7) is 0. The predicted molar refractivity (Wildman–Crippen MR) is 99.0 cm³/mol. The van der Waals surface area contributed by atoms with Gasteiger partial charge in [0.05, 0.1) is 19.9 Å². The lowest BCUT2D eigenvalue weighted by atomic mass is 9.97. The van der Waals surface area contributed by atoms with Crippen LogP contribution in [0.4, 0.5) is 5.82 Å². The number of phenolic OH excluding ortho intramolecular Hbond substituents is 1. The van der Waals surface area contributed by atoms with Crippen molar-refractivity contribution >= 4 is 5.82 Å². The molecular weight excluding hydrogens is 330 g/mol. The Morgan fingerprint density at radius 1 is 1.04 bits per heavy atom. The number of nitrogens with zero attached hydrogens (tertiary/aromatic N) is 2. The number of phenols is 1. The summed E-state index contributed by atoms with van der Waals surface area (Å²) in [7, 11) is 3.11. The number of methoxy groups -OCH3 is 2. The van der Waals surface area contributed by atoms with E-state index in [9.17, 15) is 10.4 Å². The van der Waals surface area contributed by atoms with E-state index in [1.165, 1.54) is 19.2 Å². The van der Waals surface area contributed by atoms with Crippen molar-refractivity contribution in [3.63, 3.8) is 0 Å². The summed E-state index contributed by atoms with van der Waals surface area (Å²) in [6.07, 6.45) is 0. The minimum absolute atomic E-state index is 0.0583. The highest BCUT2D eigenvalue weighted by atomic mass is 16.5. The van der Waals surface area contributed by atoms with Gasteiger partial charge >= 0.3 is 0 Å². The number of ether oxygens (including phenoxy) is 2. The number of anilines is 1. The highest BCUT2D eigenvalue weighted by Gasteiger charge is 2.17. The summed E-state index contributed by atoms with van der Waals surface area (Å²) in [5.41, 5.74) is 8.73. The second-order valence-electron chi connectivity index (χ2n) is 5.54. The molecule has 0 amide bonds. The van der Waals surface area contributed by atoms with Gasteiger partial charge in [-0.2, -0.15) is 5.26 Å². The minimum Gasteiger partial charge on any atom is -0.508 e. The second kappa shape index (κ2) is 7.03. The fourth-order valence-corrected chi connectivity index (χ4v) is 2.73. The van der Waals surface area contributed by atoms with Gasteiger partial charge in [-0.25, -0.2) is 4.98 Å². The zero-order valence-electron chi connectivity index (χ0n) is 14.4. The van der Waals surface area contributed by atoms with Crippen LogP contribution < -0.4 is 15.2 Å². The Labute approximate surface area is 151 Å². The SMILES string of the molecule is COc1cccc(-c2cc(-c3cc(O)ccc3OC)c(C#N)c(N)n2)c1. The van der Waals surface area contributed by atoms with Gasteiger partial charge in [0.1, 0.15) is 34.7 Å². The van der Waals surface area contributed by atoms with Crippen LogP contribution in [0.1, 0.15) is 5.56 Å². The largest absolute Gasteiger partial charge is 0.508 e. The van der Waals surface area contributed by atoms with Crippen molar-refractivity contribution < 1.29 is 14.6 Å². The maximum atomic E-state index is 9.88. The van der Waals surface area contributed by atoms with Crippen LogP contribution in [0.2, 0.25) is 0 Å². The molecule has 3 aromatic rings. The molecule has 6 heteroatoms. The lowest BCUT2D eigenvalue weighted by Gasteiger charge is -2.14. The lowest BCUT2D eigenvalue weighted by molar-refractivity contribution is 0.414. The van der Waals surface area contributed by atoms with Crippen LogP contribution in [0, 0.1) is 11.3 Å². The molecule has 130 valence electrons. The van der Waals surface area contributed by atoms with Crippen molar-refractivity contribution in [3.05, 3.63) is 54.1 Å². The summed E-state index contributed by atoms with van der Waals surface area (Å²) in [5.74, 6) is 1.36. The topological polar surface area (TPSA) is 101 Å². The first kappa shape index (κ1) is 17.1. The van der Waals surface area contributed by atoms with Crippen LogP contribution in [0.25, 0.3) is 22.4 Å². The van der Waals surface area contributed by atoms with Gasteiger partial charge in [0.2, 0.25) is 0 Å². The number of nitriles is 1. The standard InChI is InChI=1S/C20H17N3O3/c1-25-14-5-3-4-12(8-14)18-10-15(17(11-21)20(22)23-18)16-9-13(24)6-7-19(16)26-2/h3-10,24H,1-2H3,(H2,22,23). The zero-order chi connectivity index (χ0) is 18.7. The third kappa shape index (κ3) is 3.10. The van der Waals surface area contributed by atoms with Crippen molar-refractivity contribution in [1.82, 2.24) is 4.98 Å². The molecule has 0 unspecified atom stereocenters. The van der Waals surface area contributed by atoms with Crippen LogP contribution in [0.5, 0.6) is 17.2 Å². The third-order valence-electron chi connectivity index (χ3n) is 4.00. The first-order valence-electron chi connectivity index (χ1n) is 7.79. The summed E-state index contributed by atoms with van der Waals surface area (Å²) in [4.78, 5) is 4.35. The molecule has 0 saturated heterocycles. The number of aromatic nitrogens is 1. The number of pyridine rings is 1. The first-order valence-corrected chi connectivity index (χ1v) is 7.79. The molecule has 26 heavy (non-hydrogen) atoms. The van der Waals surface area contributed by atoms with Crippen molar-refractivity contribution in [2.24, 2.45) is 0 Å². The van der Waals surface area contributed by atoms with Crippen LogP contribution >= 0.6 is 0 Å². The molecule has 3 N–H and O–H groups in total. The monoisotopic (exact) mass is 347 g/mol. The number of rotatable bonds is 4. The zero-order valence-corrected chi connectivity index (χ0v) is 14.4. The van der Waals surface area contributed by atoms with E-state index in [1.807, 2.05) is 24.3 Å². The Morgan fingerprint density at radius 2 is 1.85 bits per heavy atom. The highest BCUT2D eigenvalue weighted by molar-refractivity contribution is 5.83. The second-order valence-corrected chi connectivity index (χ2v) is 5.54. The number of hydrogen-bond donors (Lipinski definition) is 2. The van der Waals surface area contributed by atoms with E-state index in [2.05, 4.69) is 11.1 Å². The van der Waals surface area contributed by atoms with E-state index < -0.39 is 0 Å². The van der Waals surface area contributed by atoms with Gasteiger partial charge in [-0.05, 0) is 36.4 Å². The average molecular weight is 347 g/mol. The number of benzene rings is 2. The average Bonchev–Trinajstić information content (AvgIpc) is 2.67. The Kier molecular flexibility index (Phi) is 4.63. The van der Waals surface area contributed by atoms with Gasteiger partial charge in [0.15, 0.2) is 0 Å². The molecule has 1 heterocycles. The quantitative estimate of drug-likeness (QED) is 0.748. The summed E-state index contributed by atoms with van der Waals surface area (Å²) in [5, 5.41) is 19.4. The Hall–Kier alpha value is -3.72. The molecule has 0 saturated carbocycles. The Balaban J connectivity index is 2.27. The molecule has 0 aliphatic heterocycles. The normalized spacial score (nSPS) is 10.2. The molecular formula is C20H17N3O3. The van der Waals surface area contributed by atoms with Crippen molar-refractivity contribution in [3.8, 4) is 45.7 Å². The maximum absolute atomic E-state index is 9.88. The molecule has 0 atom stereocenters. The van der Waals surface area contributed by atoms with Gasteiger partial charge < -0.3 is 20.3 Å². The summed E-state index contributed by atoms with van der Waals surface area (Å²) < 4.78 is 10.6. The molecule has 3 rings (SSSR count). The van der Waals surface area contributed by atoms with E-state index in [0.717, 1.165) is 5.56 Å². The Bertz CT molecular complexity index is 1010. The van der Waals surface area contributed by atoms with Crippen molar-refractivity contribution in [2.45, 2.75) is 0 Å². The fourth-order valence-electron chi connectivity index (χ4n) is 2.73. The molecule has 0 fully saturated rings. The molecule has 0 spiro atoms. The number of nitrogen functional groups attached to an aromatic ring is 1. The van der Waals surface area contributed by atoms with E-state index in [4.69, 9.17) is 15.2 Å². The number of hydrogen-bond acceptors (Lipinski definition) is 6. The van der Waals surface area contributed by atoms with Gasteiger partial charge in [0, 0.05) is 16.7 Å². The maximum Gasteiger partial charge on any atom is 0.142 e. The highest BCUT2D eigenvalue weighted by Crippen LogP contribution is 2.38. The minimum atomic E-state index is 0.0583. The first-order chi connectivity index (χ1) is 12.6. The van der Waals surface area contributed by atoms with Crippen LogP contribution in [-0.4, -0.2) is 24.3 Å². The number of aromatic hydroxyl groups is 1. The van der Waals surface area contributed by atoms with Crippen LogP contribution in [-0.2, 0) is 0 Å². The molecule has 0 aliphatic carbocycles. The van der Waals surface area contributed by atoms with Gasteiger partial charge in [0.25, 0.3) is 0 Å². The van der Waals surface area contributed by atoms with Crippen molar-refractivity contribution in [2.75, 3.05) is 20.0 Å². The molecule has 0 aliphatic rings. The smallest absolute Gasteiger partial charge is 0.142 e. The van der Waals surface area contributed by atoms with E-state index in [0.29, 0.717) is 28.3 Å². The van der Waals surface area contributed by atoms with Gasteiger partial charge in [-0.1, -0.05) is 12.1 Å². The number of nitrogens with two attached hydrogens (primary N) is 1. The van der Waals surface area contributed by atoms with Gasteiger partial charge in [-0.15, -0.1) is 0 Å². The lowest BCUT2D eigenvalue weighted by Crippen LogP contribution is -2.00. The van der Waals surface area contributed by atoms with E-state index in [-0.39, 0.29) is 17.1 Å². The van der Waals surface area contributed by atoms with E-state index in [1.54, 1.807) is 19.2 Å². The fraction of sp³-hybridized carbons (Fsp3) is 0.100. The van der Waals surface area contributed by atoms with E-state index >= 15 is 0 Å². The van der Waals surface area contributed by atoms with Crippen LogP contribution in [0.3, 0.4) is 0 Å². The Morgan fingerprint density at radius 3 is 2.54 bits per heavy atom. The van der Waals surface area contributed by atoms with Crippen LogP contribution in [0.15, 0.2) is 48.5 Å². The third-order valence-corrected chi connectivity index (χ3v) is 4.00. The summed E-state index contributed by atoms with van der Waals surface area (Å²) >= 11 is 0. The molecule has 0 radical (unpaired) electrons.